The van der Waals surface area contributed by atoms with Crippen LogP contribution in [0.1, 0.15) is 49.4 Å². The van der Waals surface area contributed by atoms with Crippen molar-refractivity contribution in [3.63, 3.8) is 0 Å². The predicted molar refractivity (Wildman–Crippen MR) is 159 cm³/mol. The molecule has 1 atom stereocenters. The van der Waals surface area contributed by atoms with Gasteiger partial charge < -0.3 is 15.0 Å². The van der Waals surface area contributed by atoms with Gasteiger partial charge in [-0.2, -0.15) is 0 Å². The molecule has 0 saturated heterocycles. The molecule has 1 aliphatic rings. The number of aryl methyl sites for hydroxylation is 1. The van der Waals surface area contributed by atoms with Gasteiger partial charge in [-0.1, -0.05) is 69.3 Å². The van der Waals surface area contributed by atoms with E-state index in [1.54, 1.807) is 6.20 Å². The molecule has 4 aromatic rings. The van der Waals surface area contributed by atoms with Crippen LogP contribution in [-0.4, -0.2) is 17.9 Å². The van der Waals surface area contributed by atoms with Gasteiger partial charge in [-0.15, -0.1) is 0 Å². The summed E-state index contributed by atoms with van der Waals surface area (Å²) in [5, 5.41) is 3.16. The summed E-state index contributed by atoms with van der Waals surface area (Å²) in [6.45, 7) is 7.31. The van der Waals surface area contributed by atoms with E-state index in [1.165, 1.54) is 22.3 Å². The summed E-state index contributed by atoms with van der Waals surface area (Å²) in [6, 6.07) is 28.6. The zero-order valence-electron chi connectivity index (χ0n) is 23.3. The maximum Gasteiger partial charge on any atom is 0.227 e. The third-order valence-electron chi connectivity index (χ3n) is 7.38. The van der Waals surface area contributed by atoms with Gasteiger partial charge in [0.15, 0.2) is 0 Å². The molecular formula is C34H37N3O2. The van der Waals surface area contributed by atoms with Crippen molar-refractivity contribution in [3.05, 3.63) is 113 Å². The van der Waals surface area contributed by atoms with Gasteiger partial charge in [-0.3, -0.25) is 4.79 Å². The Labute approximate surface area is 231 Å². The van der Waals surface area contributed by atoms with Crippen molar-refractivity contribution in [1.29, 1.82) is 0 Å². The van der Waals surface area contributed by atoms with Gasteiger partial charge >= 0.3 is 0 Å². The van der Waals surface area contributed by atoms with E-state index >= 15 is 0 Å². The van der Waals surface area contributed by atoms with Crippen molar-refractivity contribution >= 4 is 17.4 Å². The van der Waals surface area contributed by atoms with E-state index in [-0.39, 0.29) is 17.2 Å². The first-order chi connectivity index (χ1) is 18.7. The first-order valence-electron chi connectivity index (χ1n) is 13.7. The highest BCUT2D eigenvalue weighted by Crippen LogP contribution is 2.32. The number of rotatable bonds is 7. The summed E-state index contributed by atoms with van der Waals surface area (Å²) in [7, 11) is 2.03. The fourth-order valence-corrected chi connectivity index (χ4v) is 5.07. The van der Waals surface area contributed by atoms with Crippen LogP contribution in [0.3, 0.4) is 0 Å². The average molecular weight is 520 g/mol. The molecule has 0 spiro atoms. The van der Waals surface area contributed by atoms with Gasteiger partial charge in [-0.25, -0.2) is 4.98 Å². The van der Waals surface area contributed by atoms with Crippen molar-refractivity contribution < 1.29 is 9.53 Å². The number of fused-ring (bicyclic) bond motifs is 1. The topological polar surface area (TPSA) is 54.5 Å². The molecule has 0 bridgehead atoms. The second kappa shape index (κ2) is 11.3. The zero-order valence-corrected chi connectivity index (χ0v) is 23.3. The first-order valence-corrected chi connectivity index (χ1v) is 13.7. The number of ether oxygens (including phenoxy) is 1. The SMILES string of the molecule is CN(Cc1ccccc1)c1cc(Oc2ccc3c(c2)CC(C(=O)Nc2cccc(C(C)(C)C)c2)CC3)ccn1. The largest absolute Gasteiger partial charge is 0.457 e. The van der Waals surface area contributed by atoms with Gasteiger partial charge in [-0.05, 0) is 77.3 Å². The predicted octanol–water partition coefficient (Wildman–Crippen LogP) is 7.55. The van der Waals surface area contributed by atoms with Gasteiger partial charge in [0.05, 0.1) is 0 Å². The standard InChI is InChI=1S/C34H37N3O2/c1-34(2,3)28-11-8-12-29(21-28)36-33(38)26-14-13-25-15-16-30(20-27(25)19-26)39-31-17-18-35-32(22-31)37(4)23-24-9-6-5-7-10-24/h5-12,15-18,20-22,26H,13-14,19,23H2,1-4H3,(H,36,38). The van der Waals surface area contributed by atoms with Crippen molar-refractivity contribution in [2.75, 3.05) is 17.3 Å². The zero-order chi connectivity index (χ0) is 27.4. The second-order valence-corrected chi connectivity index (χ2v) is 11.5. The van der Waals surface area contributed by atoms with Crippen molar-refractivity contribution in [2.24, 2.45) is 5.92 Å². The highest BCUT2D eigenvalue weighted by molar-refractivity contribution is 5.93. The average Bonchev–Trinajstić information content (AvgIpc) is 2.93. The molecular weight excluding hydrogens is 482 g/mol. The molecule has 5 rings (SSSR count). The lowest BCUT2D eigenvalue weighted by molar-refractivity contribution is -0.120. The number of aromatic nitrogens is 1. The number of anilines is 2. The van der Waals surface area contributed by atoms with E-state index in [4.69, 9.17) is 4.74 Å². The Hall–Kier alpha value is -4.12. The number of nitrogens with zero attached hydrogens (tertiary/aromatic N) is 2. The third kappa shape index (κ3) is 6.66. The Balaban J connectivity index is 1.25. The Kier molecular flexibility index (Phi) is 7.69. The minimum atomic E-state index is -0.0646. The molecule has 1 aromatic heterocycles. The quantitative estimate of drug-likeness (QED) is 0.274. The van der Waals surface area contributed by atoms with E-state index in [2.05, 4.69) is 72.4 Å². The maximum atomic E-state index is 13.2. The number of pyridine rings is 1. The van der Waals surface area contributed by atoms with Gasteiger partial charge in [0.25, 0.3) is 0 Å². The Bertz CT molecular complexity index is 1440. The normalized spacial score (nSPS) is 14.8. The molecule has 1 unspecified atom stereocenters. The Morgan fingerprint density at radius 2 is 1.74 bits per heavy atom. The lowest BCUT2D eigenvalue weighted by atomic mass is 9.83. The van der Waals surface area contributed by atoms with Crippen LogP contribution in [-0.2, 0) is 29.6 Å². The van der Waals surface area contributed by atoms with Crippen molar-refractivity contribution in [2.45, 2.75) is 52.0 Å². The number of carbonyl (C=O) groups is 1. The maximum absolute atomic E-state index is 13.2. The molecule has 1 amide bonds. The van der Waals surface area contributed by atoms with Crippen LogP contribution in [0.5, 0.6) is 11.5 Å². The molecule has 0 aliphatic heterocycles. The van der Waals surface area contributed by atoms with E-state index in [0.717, 1.165) is 42.4 Å². The van der Waals surface area contributed by atoms with Crippen LogP contribution >= 0.6 is 0 Å². The van der Waals surface area contributed by atoms with E-state index in [0.29, 0.717) is 6.42 Å². The van der Waals surface area contributed by atoms with Gasteiger partial charge in [0.1, 0.15) is 17.3 Å². The van der Waals surface area contributed by atoms with E-state index in [9.17, 15) is 4.79 Å². The number of benzene rings is 3. The minimum Gasteiger partial charge on any atom is -0.457 e. The third-order valence-corrected chi connectivity index (χ3v) is 7.38. The molecule has 0 fully saturated rings. The molecule has 0 radical (unpaired) electrons. The second-order valence-electron chi connectivity index (χ2n) is 11.5. The summed E-state index contributed by atoms with van der Waals surface area (Å²) in [5.41, 5.74) is 5.80. The number of hydrogen-bond acceptors (Lipinski definition) is 4. The summed E-state index contributed by atoms with van der Waals surface area (Å²) in [6.07, 6.45) is 4.22. The molecule has 0 saturated carbocycles. The Morgan fingerprint density at radius 3 is 2.54 bits per heavy atom. The molecule has 1 N–H and O–H groups in total. The fraction of sp³-hybridized carbons (Fsp3) is 0.294. The summed E-state index contributed by atoms with van der Waals surface area (Å²) < 4.78 is 6.25. The number of hydrogen-bond donors (Lipinski definition) is 1. The molecule has 5 nitrogen and oxygen atoms in total. The van der Waals surface area contributed by atoms with Crippen LogP contribution < -0.4 is 15.0 Å². The van der Waals surface area contributed by atoms with Crippen LogP contribution in [0.15, 0.2) is 91.1 Å². The minimum absolute atomic E-state index is 0.0355. The van der Waals surface area contributed by atoms with Crippen molar-refractivity contribution in [1.82, 2.24) is 4.98 Å². The van der Waals surface area contributed by atoms with Crippen LogP contribution in [0.4, 0.5) is 11.5 Å². The molecule has 5 heteroatoms. The summed E-state index contributed by atoms with van der Waals surface area (Å²) >= 11 is 0. The van der Waals surface area contributed by atoms with Crippen LogP contribution in [0, 0.1) is 5.92 Å². The molecule has 200 valence electrons. The van der Waals surface area contributed by atoms with Gasteiger partial charge in [0.2, 0.25) is 5.91 Å². The number of carbonyl (C=O) groups excluding carboxylic acids is 1. The van der Waals surface area contributed by atoms with Crippen LogP contribution in [0.2, 0.25) is 0 Å². The number of nitrogens with one attached hydrogen (secondary N) is 1. The molecule has 1 heterocycles. The molecule has 39 heavy (non-hydrogen) atoms. The van der Waals surface area contributed by atoms with Gasteiger partial charge in [0, 0.05) is 37.5 Å². The fourth-order valence-electron chi connectivity index (χ4n) is 5.07. The molecule has 3 aromatic carbocycles. The van der Waals surface area contributed by atoms with Crippen LogP contribution in [0.25, 0.3) is 0 Å². The first kappa shape index (κ1) is 26.5. The molecule has 1 aliphatic carbocycles. The van der Waals surface area contributed by atoms with E-state index < -0.39 is 0 Å². The Morgan fingerprint density at radius 1 is 0.949 bits per heavy atom. The number of amides is 1. The summed E-state index contributed by atoms with van der Waals surface area (Å²) in [4.78, 5) is 19.8. The monoisotopic (exact) mass is 519 g/mol. The van der Waals surface area contributed by atoms with E-state index in [1.807, 2.05) is 55.6 Å². The highest BCUT2D eigenvalue weighted by atomic mass is 16.5. The summed E-state index contributed by atoms with van der Waals surface area (Å²) in [5.74, 6) is 2.38. The van der Waals surface area contributed by atoms with Crippen molar-refractivity contribution in [3.8, 4) is 11.5 Å². The highest BCUT2D eigenvalue weighted by Gasteiger charge is 2.25. The smallest absolute Gasteiger partial charge is 0.227 e. The lowest BCUT2D eigenvalue weighted by Crippen LogP contribution is -2.28. The lowest BCUT2D eigenvalue weighted by Gasteiger charge is -2.25.